The minimum Gasteiger partial charge on any atom is -0.284 e. The SMILES string of the molecule is C#Cc1ccc(NS(C)(=O)=O)cc1C#N. The van der Waals surface area contributed by atoms with Crippen molar-refractivity contribution < 1.29 is 8.42 Å². The fraction of sp³-hybridized carbons (Fsp3) is 0.100. The molecule has 0 heterocycles. The number of anilines is 1. The van der Waals surface area contributed by atoms with E-state index in [2.05, 4.69) is 10.6 Å². The average Bonchev–Trinajstić information content (AvgIpc) is 2.15. The van der Waals surface area contributed by atoms with Crippen LogP contribution < -0.4 is 4.72 Å². The van der Waals surface area contributed by atoms with Crippen LogP contribution in [0.25, 0.3) is 0 Å². The van der Waals surface area contributed by atoms with Crippen LogP contribution >= 0.6 is 0 Å². The molecule has 1 aromatic carbocycles. The molecule has 1 rings (SSSR count). The van der Waals surface area contributed by atoms with Crippen LogP contribution in [-0.4, -0.2) is 14.7 Å². The standard InChI is InChI=1S/C10H8N2O2S/c1-3-8-4-5-10(6-9(8)7-11)12-15(2,13)14/h1,4-6,12H,2H3. The summed E-state index contributed by atoms with van der Waals surface area (Å²) in [6.07, 6.45) is 6.20. The van der Waals surface area contributed by atoms with Gasteiger partial charge in [0.1, 0.15) is 6.07 Å². The normalized spacial score (nSPS) is 10.1. The van der Waals surface area contributed by atoms with Crippen molar-refractivity contribution in [1.29, 1.82) is 5.26 Å². The highest BCUT2D eigenvalue weighted by atomic mass is 32.2. The first kappa shape index (κ1) is 11.1. The minimum atomic E-state index is -3.33. The number of hydrogen-bond donors (Lipinski definition) is 1. The molecule has 0 aliphatic rings. The van der Waals surface area contributed by atoms with Gasteiger partial charge in [-0.3, -0.25) is 4.72 Å². The number of nitrogens with one attached hydrogen (secondary N) is 1. The Kier molecular flexibility index (Phi) is 2.99. The molecule has 0 bridgehead atoms. The molecule has 1 N–H and O–H groups in total. The van der Waals surface area contributed by atoms with Crippen LogP contribution in [-0.2, 0) is 10.0 Å². The van der Waals surface area contributed by atoms with Crippen molar-refractivity contribution in [2.75, 3.05) is 11.0 Å². The summed E-state index contributed by atoms with van der Waals surface area (Å²) >= 11 is 0. The van der Waals surface area contributed by atoms with E-state index >= 15 is 0 Å². The Hall–Kier alpha value is -1.98. The van der Waals surface area contributed by atoms with Gasteiger partial charge in [-0.15, -0.1) is 6.42 Å². The van der Waals surface area contributed by atoms with Crippen LogP contribution in [0.15, 0.2) is 18.2 Å². The molecule has 0 fully saturated rings. The van der Waals surface area contributed by atoms with Crippen LogP contribution in [0.4, 0.5) is 5.69 Å². The number of benzene rings is 1. The summed E-state index contributed by atoms with van der Waals surface area (Å²) in [5, 5.41) is 8.75. The van der Waals surface area contributed by atoms with Crippen LogP contribution in [0.1, 0.15) is 11.1 Å². The third kappa shape index (κ3) is 3.01. The lowest BCUT2D eigenvalue weighted by Gasteiger charge is -2.04. The molecule has 1 aromatic rings. The number of sulfonamides is 1. The van der Waals surface area contributed by atoms with Gasteiger partial charge in [-0.25, -0.2) is 8.42 Å². The van der Waals surface area contributed by atoms with Gasteiger partial charge in [0.05, 0.1) is 11.8 Å². The van der Waals surface area contributed by atoms with Gasteiger partial charge in [-0.1, -0.05) is 5.92 Å². The fourth-order valence-corrected chi connectivity index (χ4v) is 1.60. The maximum Gasteiger partial charge on any atom is 0.229 e. The predicted octanol–water partition coefficient (Wildman–Crippen LogP) is 0.911. The first-order valence-corrected chi connectivity index (χ1v) is 5.84. The molecule has 4 nitrogen and oxygen atoms in total. The molecule has 0 aliphatic heterocycles. The first-order valence-electron chi connectivity index (χ1n) is 3.95. The van der Waals surface area contributed by atoms with E-state index in [0.717, 1.165) is 6.26 Å². The Labute approximate surface area is 88.6 Å². The van der Waals surface area contributed by atoms with Crippen LogP contribution in [0, 0.1) is 23.7 Å². The third-order valence-corrected chi connectivity index (χ3v) is 2.21. The number of rotatable bonds is 2. The minimum absolute atomic E-state index is 0.270. The Morgan fingerprint density at radius 2 is 2.07 bits per heavy atom. The van der Waals surface area contributed by atoms with E-state index in [0.29, 0.717) is 11.3 Å². The molecule has 0 amide bonds. The van der Waals surface area contributed by atoms with Gasteiger partial charge in [0.2, 0.25) is 10.0 Å². The molecule has 0 saturated heterocycles. The van der Waals surface area contributed by atoms with Crippen molar-refractivity contribution in [3.8, 4) is 18.4 Å². The smallest absolute Gasteiger partial charge is 0.229 e. The molecule has 0 unspecified atom stereocenters. The molecule has 0 saturated carbocycles. The van der Waals surface area contributed by atoms with E-state index in [-0.39, 0.29) is 5.56 Å². The number of nitriles is 1. The Balaban J connectivity index is 3.18. The average molecular weight is 220 g/mol. The van der Waals surface area contributed by atoms with Gasteiger partial charge in [0.25, 0.3) is 0 Å². The monoisotopic (exact) mass is 220 g/mol. The lowest BCUT2D eigenvalue weighted by molar-refractivity contribution is 0.607. The van der Waals surface area contributed by atoms with Gasteiger partial charge in [-0.2, -0.15) is 5.26 Å². The second-order valence-corrected chi connectivity index (χ2v) is 4.64. The second kappa shape index (κ2) is 4.04. The summed E-state index contributed by atoms with van der Waals surface area (Å²) in [4.78, 5) is 0. The number of nitrogens with zero attached hydrogens (tertiary/aromatic N) is 1. The van der Waals surface area contributed by atoms with Crippen LogP contribution in [0.3, 0.4) is 0 Å². The molecule has 76 valence electrons. The van der Waals surface area contributed by atoms with Gasteiger partial charge in [0, 0.05) is 11.3 Å². The van der Waals surface area contributed by atoms with Crippen molar-refractivity contribution in [3.63, 3.8) is 0 Å². The van der Waals surface area contributed by atoms with E-state index < -0.39 is 10.0 Å². The van der Waals surface area contributed by atoms with Crippen molar-refractivity contribution in [3.05, 3.63) is 29.3 Å². The number of terminal acetylenes is 1. The summed E-state index contributed by atoms with van der Waals surface area (Å²) in [6, 6.07) is 6.33. The first-order chi connectivity index (χ1) is 6.96. The number of hydrogen-bond acceptors (Lipinski definition) is 3. The van der Waals surface area contributed by atoms with E-state index in [1.807, 2.05) is 6.07 Å². The van der Waals surface area contributed by atoms with Crippen LogP contribution in [0.5, 0.6) is 0 Å². The van der Waals surface area contributed by atoms with Crippen LogP contribution in [0.2, 0.25) is 0 Å². The molecular weight excluding hydrogens is 212 g/mol. The molecule has 0 aromatic heterocycles. The lowest BCUT2D eigenvalue weighted by Crippen LogP contribution is -2.09. The van der Waals surface area contributed by atoms with Gasteiger partial charge in [0.15, 0.2) is 0 Å². The Morgan fingerprint density at radius 3 is 2.53 bits per heavy atom. The zero-order chi connectivity index (χ0) is 11.5. The summed E-state index contributed by atoms with van der Waals surface area (Å²) in [5.41, 5.74) is 1.04. The molecule has 0 spiro atoms. The highest BCUT2D eigenvalue weighted by Crippen LogP contribution is 2.15. The Bertz CT molecular complexity index is 562. The zero-order valence-electron chi connectivity index (χ0n) is 7.98. The van der Waals surface area contributed by atoms with E-state index in [1.165, 1.54) is 18.2 Å². The van der Waals surface area contributed by atoms with Gasteiger partial charge >= 0.3 is 0 Å². The predicted molar refractivity (Wildman–Crippen MR) is 57.6 cm³/mol. The zero-order valence-corrected chi connectivity index (χ0v) is 8.80. The lowest BCUT2D eigenvalue weighted by atomic mass is 10.1. The summed E-state index contributed by atoms with van der Waals surface area (Å²) in [6.45, 7) is 0. The topological polar surface area (TPSA) is 70.0 Å². The summed E-state index contributed by atoms with van der Waals surface area (Å²) in [5.74, 6) is 2.34. The van der Waals surface area contributed by atoms with Crippen molar-refractivity contribution >= 4 is 15.7 Å². The molecule has 0 aliphatic carbocycles. The molecule has 0 radical (unpaired) electrons. The van der Waals surface area contributed by atoms with Gasteiger partial charge in [-0.05, 0) is 18.2 Å². The summed E-state index contributed by atoms with van der Waals surface area (Å²) in [7, 11) is -3.33. The highest BCUT2D eigenvalue weighted by molar-refractivity contribution is 7.92. The van der Waals surface area contributed by atoms with E-state index in [4.69, 9.17) is 11.7 Å². The second-order valence-electron chi connectivity index (χ2n) is 2.89. The molecule has 0 atom stereocenters. The maximum absolute atomic E-state index is 10.9. The Morgan fingerprint density at radius 1 is 1.40 bits per heavy atom. The van der Waals surface area contributed by atoms with E-state index in [1.54, 1.807) is 0 Å². The van der Waals surface area contributed by atoms with E-state index in [9.17, 15) is 8.42 Å². The molecule has 15 heavy (non-hydrogen) atoms. The maximum atomic E-state index is 10.9. The molecular formula is C10H8N2O2S. The van der Waals surface area contributed by atoms with Gasteiger partial charge < -0.3 is 0 Å². The van der Waals surface area contributed by atoms with Crippen molar-refractivity contribution in [1.82, 2.24) is 0 Å². The van der Waals surface area contributed by atoms with Crippen molar-refractivity contribution in [2.45, 2.75) is 0 Å². The quantitative estimate of drug-likeness (QED) is 0.753. The van der Waals surface area contributed by atoms with Crippen molar-refractivity contribution in [2.24, 2.45) is 0 Å². The summed E-state index contributed by atoms with van der Waals surface area (Å²) < 4.78 is 24.1. The molecule has 5 heteroatoms. The largest absolute Gasteiger partial charge is 0.284 e. The highest BCUT2D eigenvalue weighted by Gasteiger charge is 2.05. The fourth-order valence-electron chi connectivity index (χ4n) is 1.04. The third-order valence-electron chi connectivity index (χ3n) is 1.60.